The number of para-hydroxylation sites is 1. The first-order valence-corrected chi connectivity index (χ1v) is 10.8. The fourth-order valence-corrected chi connectivity index (χ4v) is 4.14. The second-order valence-electron chi connectivity index (χ2n) is 8.37. The molecule has 0 amide bonds. The molecule has 0 aliphatic carbocycles. The molecule has 0 aliphatic rings. The molecule has 170 valence electrons. The number of carbonyl (C=O) groups is 1. The lowest BCUT2D eigenvalue weighted by Crippen LogP contribution is -2.12. The Hall–Kier alpha value is -4.46. The van der Waals surface area contributed by atoms with Crippen molar-refractivity contribution in [3.8, 4) is 11.6 Å². The van der Waals surface area contributed by atoms with Crippen LogP contribution in [0.15, 0.2) is 63.9 Å². The predicted molar refractivity (Wildman–Crippen MR) is 130 cm³/mol. The fraction of sp³-hybridized carbons (Fsp3) is 0.154. The van der Waals surface area contributed by atoms with E-state index in [1.54, 1.807) is 36.5 Å². The van der Waals surface area contributed by atoms with Crippen molar-refractivity contribution in [3.05, 3.63) is 87.3 Å². The third-order valence-corrected chi connectivity index (χ3v) is 5.72. The second kappa shape index (κ2) is 8.15. The molecule has 0 spiro atoms. The highest BCUT2D eigenvalue weighted by Gasteiger charge is 2.19. The van der Waals surface area contributed by atoms with Gasteiger partial charge in [-0.3, -0.25) is 4.79 Å². The molecule has 1 atom stereocenters. The van der Waals surface area contributed by atoms with Crippen LogP contribution in [0.25, 0.3) is 33.6 Å². The van der Waals surface area contributed by atoms with Crippen LogP contribution in [0.2, 0.25) is 0 Å². The van der Waals surface area contributed by atoms with E-state index in [1.807, 2.05) is 32.9 Å². The van der Waals surface area contributed by atoms with Crippen LogP contribution in [0.4, 0.5) is 5.69 Å². The topological polar surface area (TPSA) is 121 Å². The number of carboxylic acids is 1. The zero-order valence-electron chi connectivity index (χ0n) is 18.8. The van der Waals surface area contributed by atoms with Gasteiger partial charge in [0, 0.05) is 34.6 Å². The minimum absolute atomic E-state index is 0.163. The normalized spacial score (nSPS) is 12.2. The highest BCUT2D eigenvalue weighted by atomic mass is 16.4. The van der Waals surface area contributed by atoms with Gasteiger partial charge >= 0.3 is 5.97 Å². The van der Waals surface area contributed by atoms with Crippen LogP contribution in [0.5, 0.6) is 0 Å². The lowest BCUT2D eigenvalue weighted by Gasteiger charge is -2.19. The standard InChI is InChI=1S/C26H22N4O4/c1-13-8-18(15(3)29-20-7-5-4-6-17(20)26(32)33)23-19(9-13)21(31)11-22(34-23)25-27-12-16-10-14(2)28-24(16)30-25/h4-12,15,29H,1-3H3,(H,32,33)(H,27,28,30). The number of anilines is 1. The smallest absolute Gasteiger partial charge is 0.337 e. The summed E-state index contributed by atoms with van der Waals surface area (Å²) in [6.07, 6.45) is 1.69. The Morgan fingerprint density at radius 2 is 1.94 bits per heavy atom. The van der Waals surface area contributed by atoms with Crippen LogP contribution in [-0.2, 0) is 0 Å². The molecule has 5 aromatic rings. The number of benzene rings is 2. The molecule has 0 aliphatic heterocycles. The third-order valence-electron chi connectivity index (χ3n) is 5.72. The summed E-state index contributed by atoms with van der Waals surface area (Å²) >= 11 is 0. The summed E-state index contributed by atoms with van der Waals surface area (Å²) < 4.78 is 6.21. The SMILES string of the molecule is Cc1cc(C(C)Nc2ccccc2C(=O)O)c2oc(-c3ncc4cc(C)[nH]c4n3)cc(=O)c2c1. The molecule has 0 fully saturated rings. The number of fused-ring (bicyclic) bond motifs is 2. The Morgan fingerprint density at radius 1 is 1.15 bits per heavy atom. The van der Waals surface area contributed by atoms with Crippen molar-refractivity contribution < 1.29 is 14.3 Å². The first-order chi connectivity index (χ1) is 16.3. The molecule has 8 nitrogen and oxygen atoms in total. The number of nitrogens with one attached hydrogen (secondary N) is 2. The number of hydrogen-bond donors (Lipinski definition) is 3. The number of aromatic amines is 1. The van der Waals surface area contributed by atoms with E-state index in [0.29, 0.717) is 28.1 Å². The van der Waals surface area contributed by atoms with Gasteiger partial charge in [-0.1, -0.05) is 18.2 Å². The van der Waals surface area contributed by atoms with Crippen LogP contribution < -0.4 is 10.7 Å². The van der Waals surface area contributed by atoms with Gasteiger partial charge in [0.15, 0.2) is 17.0 Å². The van der Waals surface area contributed by atoms with Gasteiger partial charge in [-0.05, 0) is 50.6 Å². The Kier molecular flexibility index (Phi) is 5.13. The van der Waals surface area contributed by atoms with Crippen LogP contribution in [0.3, 0.4) is 0 Å². The minimum Gasteiger partial charge on any atom is -0.478 e. The van der Waals surface area contributed by atoms with Gasteiger partial charge in [0.05, 0.1) is 17.0 Å². The van der Waals surface area contributed by atoms with Crippen molar-refractivity contribution in [1.29, 1.82) is 0 Å². The van der Waals surface area contributed by atoms with Crippen LogP contribution in [0.1, 0.15) is 40.1 Å². The Morgan fingerprint density at radius 3 is 2.74 bits per heavy atom. The summed E-state index contributed by atoms with van der Waals surface area (Å²) in [6, 6.07) is 13.4. The Bertz CT molecular complexity index is 1630. The molecule has 3 heterocycles. The highest BCUT2D eigenvalue weighted by Crippen LogP contribution is 2.31. The number of aromatic nitrogens is 3. The Labute approximate surface area is 194 Å². The first kappa shape index (κ1) is 21.4. The van der Waals surface area contributed by atoms with Crippen LogP contribution in [-0.4, -0.2) is 26.0 Å². The molecule has 3 N–H and O–H groups in total. The third kappa shape index (κ3) is 3.79. The predicted octanol–water partition coefficient (Wildman–Crippen LogP) is 5.22. The molecular formula is C26H22N4O4. The molecule has 0 bridgehead atoms. The quantitative estimate of drug-likeness (QED) is 0.333. The van der Waals surface area contributed by atoms with Gasteiger partial charge in [0.25, 0.3) is 0 Å². The summed E-state index contributed by atoms with van der Waals surface area (Å²) in [5, 5.41) is 14.1. The average molecular weight is 454 g/mol. The molecule has 0 saturated carbocycles. The maximum absolute atomic E-state index is 13.0. The minimum atomic E-state index is -1.02. The van der Waals surface area contributed by atoms with Crippen LogP contribution in [0, 0.1) is 13.8 Å². The number of carboxylic acid groups (broad SMARTS) is 1. The van der Waals surface area contributed by atoms with Crippen molar-refractivity contribution in [2.24, 2.45) is 0 Å². The summed E-state index contributed by atoms with van der Waals surface area (Å²) in [5.74, 6) is -0.461. The number of nitrogens with zero attached hydrogens (tertiary/aromatic N) is 2. The van der Waals surface area contributed by atoms with E-state index in [4.69, 9.17) is 4.42 Å². The molecule has 3 aromatic heterocycles. The van der Waals surface area contributed by atoms with E-state index >= 15 is 0 Å². The number of aryl methyl sites for hydroxylation is 2. The molecule has 1 unspecified atom stereocenters. The van der Waals surface area contributed by atoms with E-state index in [1.165, 1.54) is 6.07 Å². The van der Waals surface area contributed by atoms with E-state index in [-0.39, 0.29) is 22.8 Å². The van der Waals surface area contributed by atoms with E-state index in [0.717, 1.165) is 22.2 Å². The Balaban J connectivity index is 1.64. The largest absolute Gasteiger partial charge is 0.478 e. The summed E-state index contributed by atoms with van der Waals surface area (Å²) in [6.45, 7) is 5.73. The maximum atomic E-state index is 13.0. The fourth-order valence-electron chi connectivity index (χ4n) is 4.14. The van der Waals surface area contributed by atoms with Gasteiger partial charge in [-0.25, -0.2) is 14.8 Å². The van der Waals surface area contributed by atoms with Crippen molar-refractivity contribution in [3.63, 3.8) is 0 Å². The van der Waals surface area contributed by atoms with E-state index in [2.05, 4.69) is 20.3 Å². The monoisotopic (exact) mass is 454 g/mol. The molecule has 0 saturated heterocycles. The van der Waals surface area contributed by atoms with Gasteiger partial charge in [-0.15, -0.1) is 0 Å². The molecule has 2 aromatic carbocycles. The van der Waals surface area contributed by atoms with Gasteiger partial charge < -0.3 is 19.8 Å². The van der Waals surface area contributed by atoms with Gasteiger partial charge in [-0.2, -0.15) is 0 Å². The van der Waals surface area contributed by atoms with Crippen LogP contribution >= 0.6 is 0 Å². The van der Waals surface area contributed by atoms with Crippen molar-refractivity contribution >= 4 is 33.7 Å². The molecule has 8 heteroatoms. The van der Waals surface area contributed by atoms with Crippen molar-refractivity contribution in [2.75, 3.05) is 5.32 Å². The molecular weight excluding hydrogens is 432 g/mol. The zero-order valence-corrected chi connectivity index (χ0v) is 18.8. The highest BCUT2D eigenvalue weighted by molar-refractivity contribution is 5.94. The van der Waals surface area contributed by atoms with Crippen molar-refractivity contribution in [2.45, 2.75) is 26.8 Å². The summed E-state index contributed by atoms with van der Waals surface area (Å²) in [7, 11) is 0. The first-order valence-electron chi connectivity index (χ1n) is 10.8. The number of hydrogen-bond acceptors (Lipinski definition) is 6. The van der Waals surface area contributed by atoms with E-state index in [9.17, 15) is 14.7 Å². The van der Waals surface area contributed by atoms with Gasteiger partial charge in [0.2, 0.25) is 0 Å². The van der Waals surface area contributed by atoms with E-state index < -0.39 is 5.97 Å². The summed E-state index contributed by atoms with van der Waals surface area (Å²) in [5.41, 5.74) is 4.09. The summed E-state index contributed by atoms with van der Waals surface area (Å²) in [4.78, 5) is 36.8. The number of rotatable bonds is 5. The average Bonchev–Trinajstić information content (AvgIpc) is 3.18. The number of aromatic carboxylic acids is 1. The van der Waals surface area contributed by atoms with Crippen molar-refractivity contribution in [1.82, 2.24) is 15.0 Å². The number of H-pyrrole nitrogens is 1. The lowest BCUT2D eigenvalue weighted by molar-refractivity contribution is 0.0698. The molecule has 0 radical (unpaired) electrons. The maximum Gasteiger partial charge on any atom is 0.337 e. The zero-order chi connectivity index (χ0) is 24.0. The molecule has 5 rings (SSSR count). The molecule has 34 heavy (non-hydrogen) atoms. The second-order valence-corrected chi connectivity index (χ2v) is 8.37. The lowest BCUT2D eigenvalue weighted by atomic mass is 10.0. The van der Waals surface area contributed by atoms with Gasteiger partial charge in [0.1, 0.15) is 11.2 Å².